The van der Waals surface area contributed by atoms with Gasteiger partial charge in [0.25, 0.3) is 5.56 Å². The maximum atomic E-state index is 12.0. The molecule has 34 heavy (non-hydrogen) atoms. The van der Waals surface area contributed by atoms with E-state index in [-0.39, 0.29) is 5.56 Å². The number of aryl methyl sites for hydroxylation is 1. The first-order valence-corrected chi connectivity index (χ1v) is 11.6. The molecule has 170 valence electrons. The third-order valence-corrected chi connectivity index (χ3v) is 6.41. The van der Waals surface area contributed by atoms with Gasteiger partial charge in [-0.25, -0.2) is 9.67 Å². The summed E-state index contributed by atoms with van der Waals surface area (Å²) < 4.78 is 3.86. The Hall–Kier alpha value is -3.91. The van der Waals surface area contributed by atoms with Crippen molar-refractivity contribution in [3.05, 3.63) is 82.3 Å². The van der Waals surface area contributed by atoms with E-state index in [1.54, 1.807) is 6.07 Å². The predicted molar refractivity (Wildman–Crippen MR) is 133 cm³/mol. The molecule has 0 spiro atoms. The van der Waals surface area contributed by atoms with Gasteiger partial charge in [-0.05, 0) is 62.2 Å². The maximum absolute atomic E-state index is 12.0. The van der Waals surface area contributed by atoms with E-state index >= 15 is 0 Å². The van der Waals surface area contributed by atoms with E-state index in [9.17, 15) is 4.79 Å². The van der Waals surface area contributed by atoms with Gasteiger partial charge in [-0.1, -0.05) is 11.6 Å². The van der Waals surface area contributed by atoms with Crippen LogP contribution in [0, 0.1) is 0 Å². The lowest BCUT2D eigenvalue weighted by molar-refractivity contribution is 0.669. The molecule has 8 nitrogen and oxygen atoms in total. The van der Waals surface area contributed by atoms with Crippen molar-refractivity contribution in [1.82, 2.24) is 29.3 Å². The molecule has 1 saturated carbocycles. The van der Waals surface area contributed by atoms with Crippen LogP contribution in [0.15, 0.2) is 66.0 Å². The van der Waals surface area contributed by atoms with E-state index in [0.717, 1.165) is 16.9 Å². The van der Waals surface area contributed by atoms with Gasteiger partial charge < -0.3 is 14.9 Å². The van der Waals surface area contributed by atoms with Crippen LogP contribution in [0.3, 0.4) is 0 Å². The molecule has 0 aliphatic heterocycles. The quantitative estimate of drug-likeness (QED) is 0.352. The molecule has 0 atom stereocenters. The highest BCUT2D eigenvalue weighted by Gasteiger charge is 2.25. The zero-order valence-electron chi connectivity index (χ0n) is 18.5. The molecule has 5 aromatic rings. The predicted octanol–water partition coefficient (Wildman–Crippen LogP) is 5.27. The third-order valence-electron chi connectivity index (χ3n) is 6.10. The molecule has 1 aliphatic carbocycles. The molecule has 0 unspecified atom stereocenters. The second-order valence-electron chi connectivity index (χ2n) is 8.45. The average Bonchev–Trinajstić information content (AvgIpc) is 3.45. The van der Waals surface area contributed by atoms with Gasteiger partial charge in [0.2, 0.25) is 5.95 Å². The molecule has 0 radical (unpaired) electrons. The van der Waals surface area contributed by atoms with Crippen molar-refractivity contribution in [1.29, 1.82) is 0 Å². The Bertz CT molecular complexity index is 1560. The van der Waals surface area contributed by atoms with E-state index in [1.807, 2.05) is 42.2 Å². The number of anilines is 2. The summed E-state index contributed by atoms with van der Waals surface area (Å²) in [5.74, 6) is 1.88. The number of nitrogens with one attached hydrogen (secondary N) is 2. The minimum absolute atomic E-state index is 0.173. The Labute approximate surface area is 200 Å². The van der Waals surface area contributed by atoms with Crippen molar-refractivity contribution in [2.45, 2.75) is 32.2 Å². The summed E-state index contributed by atoms with van der Waals surface area (Å²) in [7, 11) is 0. The maximum Gasteiger partial charge on any atom is 0.255 e. The number of fused-ring (bicyclic) bond motifs is 1. The van der Waals surface area contributed by atoms with Gasteiger partial charge in [0.1, 0.15) is 0 Å². The Balaban J connectivity index is 1.27. The Kier molecular flexibility index (Phi) is 4.95. The molecule has 0 amide bonds. The molecule has 1 fully saturated rings. The van der Waals surface area contributed by atoms with Crippen LogP contribution >= 0.6 is 11.6 Å². The minimum Gasteiger partial charge on any atom is -0.327 e. The zero-order valence-corrected chi connectivity index (χ0v) is 19.3. The van der Waals surface area contributed by atoms with Gasteiger partial charge in [-0.15, -0.1) is 5.10 Å². The lowest BCUT2D eigenvalue weighted by Gasteiger charge is -2.08. The van der Waals surface area contributed by atoms with Crippen LogP contribution in [0.5, 0.6) is 0 Å². The number of benzene rings is 2. The first-order valence-electron chi connectivity index (χ1n) is 11.3. The first-order chi connectivity index (χ1) is 16.6. The van der Waals surface area contributed by atoms with Crippen molar-refractivity contribution in [3.63, 3.8) is 0 Å². The van der Waals surface area contributed by atoms with Crippen LogP contribution in [0.1, 0.15) is 31.4 Å². The van der Waals surface area contributed by atoms with Crippen molar-refractivity contribution in [2.75, 3.05) is 5.32 Å². The summed E-state index contributed by atoms with van der Waals surface area (Å²) in [5, 5.41) is 9.69. The van der Waals surface area contributed by atoms with Gasteiger partial charge in [0.05, 0.1) is 17.0 Å². The van der Waals surface area contributed by atoms with Crippen LogP contribution in [0.4, 0.5) is 11.6 Å². The van der Waals surface area contributed by atoms with E-state index in [0.29, 0.717) is 40.0 Å². The van der Waals surface area contributed by atoms with Crippen LogP contribution in [0.25, 0.3) is 27.8 Å². The standard InChI is InChI=1S/C25H22ClN7O/c1-2-33-25(29-17-7-10-19-20(11-17)21(26)12-27-24(19)34)30-23(31-33)16-5-8-18(9-6-16)32-13-22(28-14-32)15-3-4-15/h5-15H,2-4H2,1H3,(H,27,34)(H,29,30,31). The summed E-state index contributed by atoms with van der Waals surface area (Å²) >= 11 is 6.29. The normalized spacial score (nSPS) is 13.5. The number of imidazole rings is 1. The van der Waals surface area contributed by atoms with Crippen molar-refractivity contribution in [2.24, 2.45) is 0 Å². The van der Waals surface area contributed by atoms with E-state index in [4.69, 9.17) is 16.6 Å². The lowest BCUT2D eigenvalue weighted by Crippen LogP contribution is -2.06. The molecule has 1 aliphatic rings. The number of pyridine rings is 1. The summed E-state index contributed by atoms with van der Waals surface area (Å²) in [6.45, 7) is 2.67. The number of aromatic nitrogens is 6. The number of H-pyrrole nitrogens is 1. The topological polar surface area (TPSA) is 93.4 Å². The highest BCUT2D eigenvalue weighted by molar-refractivity contribution is 6.35. The average molecular weight is 472 g/mol. The number of nitrogens with zero attached hydrogens (tertiary/aromatic N) is 5. The van der Waals surface area contributed by atoms with E-state index in [2.05, 4.69) is 43.3 Å². The molecule has 2 aromatic carbocycles. The molecule has 3 heterocycles. The Morgan fingerprint density at radius 1 is 1.15 bits per heavy atom. The van der Waals surface area contributed by atoms with Crippen LogP contribution < -0.4 is 10.9 Å². The van der Waals surface area contributed by atoms with Crippen LogP contribution in [0.2, 0.25) is 5.02 Å². The first kappa shape index (κ1) is 20.7. The minimum atomic E-state index is -0.173. The smallest absolute Gasteiger partial charge is 0.255 e. The number of hydrogen-bond donors (Lipinski definition) is 2. The monoisotopic (exact) mass is 471 g/mol. The van der Waals surface area contributed by atoms with Gasteiger partial charge in [-0.3, -0.25) is 4.79 Å². The highest BCUT2D eigenvalue weighted by Crippen LogP contribution is 2.39. The molecule has 0 bridgehead atoms. The van der Waals surface area contributed by atoms with E-state index in [1.165, 1.54) is 24.7 Å². The second-order valence-corrected chi connectivity index (χ2v) is 8.86. The summed E-state index contributed by atoms with van der Waals surface area (Å²) in [6.07, 6.45) is 7.97. The largest absolute Gasteiger partial charge is 0.327 e. The summed E-state index contributed by atoms with van der Waals surface area (Å²) in [5.41, 5.74) is 3.75. The van der Waals surface area contributed by atoms with Gasteiger partial charge >= 0.3 is 0 Å². The van der Waals surface area contributed by atoms with Crippen molar-refractivity contribution < 1.29 is 0 Å². The van der Waals surface area contributed by atoms with Crippen molar-refractivity contribution >= 4 is 34.0 Å². The fourth-order valence-electron chi connectivity index (χ4n) is 4.06. The van der Waals surface area contributed by atoms with Gasteiger partial charge in [0.15, 0.2) is 5.82 Å². The summed E-state index contributed by atoms with van der Waals surface area (Å²) in [6, 6.07) is 13.6. The molecule has 0 saturated heterocycles. The van der Waals surface area contributed by atoms with Gasteiger partial charge in [0, 0.05) is 52.6 Å². The number of halogens is 1. The molecule has 3 aromatic heterocycles. The van der Waals surface area contributed by atoms with Crippen LogP contribution in [-0.4, -0.2) is 29.3 Å². The lowest BCUT2D eigenvalue weighted by atomic mass is 10.1. The molecule has 2 N–H and O–H groups in total. The van der Waals surface area contributed by atoms with Crippen LogP contribution in [-0.2, 0) is 6.54 Å². The van der Waals surface area contributed by atoms with Crippen molar-refractivity contribution in [3.8, 4) is 17.1 Å². The second kappa shape index (κ2) is 8.14. The fourth-order valence-corrected chi connectivity index (χ4v) is 4.27. The SMILES string of the molecule is CCn1nc(-c2ccc(-n3cnc(C4CC4)c3)cc2)nc1Nc1ccc2c(=O)[nH]cc(Cl)c2c1. The van der Waals surface area contributed by atoms with E-state index < -0.39 is 0 Å². The number of rotatable bonds is 6. The number of hydrogen-bond acceptors (Lipinski definition) is 5. The summed E-state index contributed by atoms with van der Waals surface area (Å²) in [4.78, 5) is 23.9. The number of aromatic amines is 1. The molecule has 6 rings (SSSR count). The van der Waals surface area contributed by atoms with Gasteiger partial charge in [-0.2, -0.15) is 4.98 Å². The zero-order chi connectivity index (χ0) is 23.2. The molecular weight excluding hydrogens is 450 g/mol. The molecule has 9 heteroatoms. The third kappa shape index (κ3) is 3.76. The molecular formula is C25H22ClN7O. The Morgan fingerprint density at radius 3 is 2.74 bits per heavy atom. The Morgan fingerprint density at radius 2 is 1.97 bits per heavy atom. The highest BCUT2D eigenvalue weighted by atomic mass is 35.5. The fraction of sp³-hybridized carbons (Fsp3) is 0.200.